The molecule has 1 heterocycles. The zero-order valence-electron chi connectivity index (χ0n) is 6.06. The third-order valence-electron chi connectivity index (χ3n) is 1.35. The molecular formula is C7H2BrF3N2. The van der Waals surface area contributed by atoms with E-state index < -0.39 is 23.5 Å². The molecule has 0 aromatic carbocycles. The van der Waals surface area contributed by atoms with Gasteiger partial charge in [0.2, 0.25) is 5.95 Å². The van der Waals surface area contributed by atoms with Crippen LogP contribution in [0.1, 0.15) is 17.6 Å². The van der Waals surface area contributed by atoms with Crippen LogP contribution in [0.2, 0.25) is 0 Å². The summed E-state index contributed by atoms with van der Waals surface area (Å²) in [6.07, 6.45) is -2.00. The summed E-state index contributed by atoms with van der Waals surface area (Å²) >= 11 is 2.76. The number of rotatable bonds is 1. The van der Waals surface area contributed by atoms with Crippen LogP contribution >= 0.6 is 15.9 Å². The number of hydrogen-bond donors (Lipinski definition) is 0. The molecule has 2 nitrogen and oxygen atoms in total. The molecule has 0 radical (unpaired) electrons. The molecule has 0 aliphatic carbocycles. The lowest BCUT2D eigenvalue weighted by Crippen LogP contribution is -1.98. The van der Waals surface area contributed by atoms with E-state index in [0.717, 1.165) is 6.20 Å². The molecule has 0 amide bonds. The smallest absolute Gasteiger partial charge is 0.226 e. The molecule has 0 N–H and O–H groups in total. The van der Waals surface area contributed by atoms with Gasteiger partial charge in [-0.15, -0.1) is 0 Å². The molecule has 0 aliphatic heterocycles. The first-order valence-electron chi connectivity index (χ1n) is 3.10. The number of hydrogen-bond acceptors (Lipinski definition) is 2. The third-order valence-corrected chi connectivity index (χ3v) is 1.99. The fourth-order valence-electron chi connectivity index (χ4n) is 0.798. The van der Waals surface area contributed by atoms with Crippen LogP contribution < -0.4 is 0 Å². The standard InChI is InChI=1S/C7H2BrF3N2/c8-4-2-13-7(11)3(1-12)5(4)6(9)10/h2,6H. The Balaban J connectivity index is 3.46. The van der Waals surface area contributed by atoms with E-state index in [-0.39, 0.29) is 4.47 Å². The van der Waals surface area contributed by atoms with Gasteiger partial charge in [0.1, 0.15) is 11.6 Å². The maximum atomic E-state index is 12.7. The highest BCUT2D eigenvalue weighted by molar-refractivity contribution is 9.10. The monoisotopic (exact) mass is 250 g/mol. The van der Waals surface area contributed by atoms with Gasteiger partial charge < -0.3 is 0 Å². The Labute approximate surface area is 80.1 Å². The van der Waals surface area contributed by atoms with Crippen molar-refractivity contribution in [1.82, 2.24) is 4.98 Å². The normalized spacial score (nSPS) is 10.2. The van der Waals surface area contributed by atoms with Gasteiger partial charge in [-0.05, 0) is 15.9 Å². The van der Waals surface area contributed by atoms with Crippen molar-refractivity contribution in [2.75, 3.05) is 0 Å². The van der Waals surface area contributed by atoms with Crippen LogP contribution in [0.15, 0.2) is 10.7 Å². The van der Waals surface area contributed by atoms with Crippen LogP contribution in [0.25, 0.3) is 0 Å². The van der Waals surface area contributed by atoms with E-state index in [1.165, 1.54) is 6.07 Å². The first-order chi connectivity index (χ1) is 6.07. The van der Waals surface area contributed by atoms with Gasteiger partial charge in [0.05, 0.1) is 5.56 Å². The molecule has 1 aromatic heterocycles. The van der Waals surface area contributed by atoms with E-state index in [4.69, 9.17) is 5.26 Å². The Hall–Kier alpha value is -1.09. The molecule has 0 fully saturated rings. The lowest BCUT2D eigenvalue weighted by Gasteiger charge is -2.04. The van der Waals surface area contributed by atoms with Crippen molar-refractivity contribution in [3.63, 3.8) is 0 Å². The number of halogens is 4. The molecule has 1 aromatic rings. The van der Waals surface area contributed by atoms with Gasteiger partial charge in [-0.25, -0.2) is 13.8 Å². The molecular weight excluding hydrogens is 249 g/mol. The van der Waals surface area contributed by atoms with Crippen LogP contribution in [0.4, 0.5) is 13.2 Å². The van der Waals surface area contributed by atoms with Gasteiger partial charge in [-0.1, -0.05) is 0 Å². The van der Waals surface area contributed by atoms with E-state index in [0.29, 0.717) is 0 Å². The fourth-order valence-corrected chi connectivity index (χ4v) is 1.27. The van der Waals surface area contributed by atoms with Crippen molar-refractivity contribution in [2.24, 2.45) is 0 Å². The second-order valence-corrected chi connectivity index (χ2v) is 2.95. The molecule has 0 atom stereocenters. The molecule has 0 saturated carbocycles. The van der Waals surface area contributed by atoms with Gasteiger partial charge in [0.25, 0.3) is 6.43 Å². The molecule has 68 valence electrons. The highest BCUT2D eigenvalue weighted by Crippen LogP contribution is 2.30. The Morgan fingerprint density at radius 2 is 2.15 bits per heavy atom. The summed E-state index contributed by atoms with van der Waals surface area (Å²) in [5.74, 6) is -1.18. The van der Waals surface area contributed by atoms with Crippen molar-refractivity contribution in [2.45, 2.75) is 6.43 Å². The third kappa shape index (κ3) is 1.80. The van der Waals surface area contributed by atoms with E-state index in [9.17, 15) is 13.2 Å². The van der Waals surface area contributed by atoms with Crippen LogP contribution in [0.3, 0.4) is 0 Å². The van der Waals surface area contributed by atoms with E-state index >= 15 is 0 Å². The van der Waals surface area contributed by atoms with Gasteiger partial charge in [-0.2, -0.15) is 9.65 Å². The summed E-state index contributed by atoms with van der Waals surface area (Å²) in [6.45, 7) is 0. The van der Waals surface area contributed by atoms with Crippen LogP contribution in [-0.2, 0) is 0 Å². The second kappa shape index (κ2) is 3.75. The number of pyridine rings is 1. The summed E-state index contributed by atoms with van der Waals surface area (Å²) < 4.78 is 37.2. The number of nitrogens with zero attached hydrogens (tertiary/aromatic N) is 2. The van der Waals surface area contributed by atoms with Gasteiger partial charge in [0.15, 0.2) is 0 Å². The molecule has 0 saturated heterocycles. The maximum Gasteiger partial charge on any atom is 0.266 e. The summed E-state index contributed by atoms with van der Waals surface area (Å²) in [5.41, 5.74) is -1.38. The van der Waals surface area contributed by atoms with Crippen molar-refractivity contribution in [3.05, 3.63) is 27.7 Å². The Kier molecular flexibility index (Phi) is 2.88. The number of aromatic nitrogens is 1. The van der Waals surface area contributed by atoms with Crippen molar-refractivity contribution < 1.29 is 13.2 Å². The average Bonchev–Trinajstić information content (AvgIpc) is 2.07. The predicted molar refractivity (Wildman–Crippen MR) is 41.6 cm³/mol. The maximum absolute atomic E-state index is 12.7. The first kappa shape index (κ1) is 9.99. The largest absolute Gasteiger partial charge is 0.266 e. The zero-order chi connectivity index (χ0) is 10.0. The Morgan fingerprint density at radius 3 is 2.54 bits per heavy atom. The highest BCUT2D eigenvalue weighted by Gasteiger charge is 2.20. The van der Waals surface area contributed by atoms with Crippen LogP contribution in [0, 0.1) is 17.3 Å². The number of nitriles is 1. The molecule has 0 aliphatic rings. The highest BCUT2D eigenvalue weighted by atomic mass is 79.9. The average molecular weight is 251 g/mol. The topological polar surface area (TPSA) is 36.7 Å². The van der Waals surface area contributed by atoms with Gasteiger partial charge >= 0.3 is 0 Å². The van der Waals surface area contributed by atoms with Crippen molar-refractivity contribution in [1.29, 1.82) is 5.26 Å². The summed E-state index contributed by atoms with van der Waals surface area (Å²) in [6, 6.07) is 1.34. The van der Waals surface area contributed by atoms with Crippen LogP contribution in [0.5, 0.6) is 0 Å². The SMILES string of the molecule is N#Cc1c(F)ncc(Br)c1C(F)F. The molecule has 0 spiro atoms. The lowest BCUT2D eigenvalue weighted by molar-refractivity contribution is 0.149. The van der Waals surface area contributed by atoms with Gasteiger partial charge in [0, 0.05) is 10.7 Å². The molecule has 6 heteroatoms. The minimum Gasteiger partial charge on any atom is -0.226 e. The molecule has 13 heavy (non-hydrogen) atoms. The quantitative estimate of drug-likeness (QED) is 0.719. The van der Waals surface area contributed by atoms with Gasteiger partial charge in [-0.3, -0.25) is 0 Å². The zero-order valence-corrected chi connectivity index (χ0v) is 7.65. The minimum absolute atomic E-state index is 0.0690. The van der Waals surface area contributed by atoms with Crippen molar-refractivity contribution >= 4 is 15.9 Å². The fraction of sp³-hybridized carbons (Fsp3) is 0.143. The minimum atomic E-state index is -2.90. The summed E-state index contributed by atoms with van der Waals surface area (Å²) in [7, 11) is 0. The second-order valence-electron chi connectivity index (χ2n) is 2.10. The van der Waals surface area contributed by atoms with E-state index in [1.54, 1.807) is 0 Å². The molecule has 1 rings (SSSR count). The summed E-state index contributed by atoms with van der Waals surface area (Å²) in [5, 5.41) is 8.39. The van der Waals surface area contributed by atoms with E-state index in [2.05, 4.69) is 20.9 Å². The molecule has 0 bridgehead atoms. The lowest BCUT2D eigenvalue weighted by atomic mass is 10.1. The first-order valence-corrected chi connectivity index (χ1v) is 3.89. The Morgan fingerprint density at radius 1 is 1.54 bits per heavy atom. The van der Waals surface area contributed by atoms with E-state index in [1.807, 2.05) is 0 Å². The summed E-state index contributed by atoms with van der Waals surface area (Å²) in [4.78, 5) is 3.12. The predicted octanol–water partition coefficient (Wildman–Crippen LogP) is 2.79. The molecule has 0 unspecified atom stereocenters. The Bertz CT molecular complexity index is 373. The van der Waals surface area contributed by atoms with Crippen molar-refractivity contribution in [3.8, 4) is 6.07 Å². The number of alkyl halides is 2. The van der Waals surface area contributed by atoms with Crippen LogP contribution in [-0.4, -0.2) is 4.98 Å².